The van der Waals surface area contributed by atoms with Crippen LogP contribution in [0.1, 0.15) is 17.2 Å². The monoisotopic (exact) mass is 359 g/mol. The van der Waals surface area contributed by atoms with Gasteiger partial charge in [0.25, 0.3) is 0 Å². The highest BCUT2D eigenvalue weighted by Gasteiger charge is 2.16. The van der Waals surface area contributed by atoms with Gasteiger partial charge in [0.05, 0.1) is 13.2 Å². The second-order valence-corrected chi connectivity index (χ2v) is 5.73. The first kappa shape index (κ1) is 14.7. The Morgan fingerprint density at radius 2 is 1.84 bits per heavy atom. The zero-order chi connectivity index (χ0) is 14.0. The van der Waals surface area contributed by atoms with Crippen LogP contribution < -0.4 is 10.5 Å². The molecule has 5 heteroatoms. The number of ether oxygens (including phenoxy) is 1. The van der Waals surface area contributed by atoms with E-state index in [2.05, 4.69) is 15.9 Å². The minimum absolute atomic E-state index is 0.379. The topological polar surface area (TPSA) is 35.2 Å². The minimum atomic E-state index is -0.379. The predicted octanol–water partition coefficient (Wildman–Crippen LogP) is 4.81. The van der Waals surface area contributed by atoms with Crippen LogP contribution in [-0.2, 0) is 0 Å². The summed E-state index contributed by atoms with van der Waals surface area (Å²) in [6, 6.07) is 10.5. The minimum Gasteiger partial charge on any atom is -0.497 e. The van der Waals surface area contributed by atoms with E-state index in [4.69, 9.17) is 33.7 Å². The van der Waals surface area contributed by atoms with E-state index >= 15 is 0 Å². The van der Waals surface area contributed by atoms with Gasteiger partial charge < -0.3 is 10.5 Å². The number of methoxy groups -OCH3 is 1. The fourth-order valence-corrected chi connectivity index (χ4v) is 2.72. The van der Waals surface area contributed by atoms with Crippen LogP contribution >= 0.6 is 39.1 Å². The maximum Gasteiger partial charge on any atom is 0.119 e. The van der Waals surface area contributed by atoms with Crippen molar-refractivity contribution in [2.75, 3.05) is 7.11 Å². The normalized spacial score (nSPS) is 12.3. The molecule has 2 nitrogen and oxygen atoms in total. The molecule has 0 aliphatic rings. The van der Waals surface area contributed by atoms with E-state index in [0.717, 1.165) is 21.3 Å². The molecule has 0 radical (unpaired) electrons. The van der Waals surface area contributed by atoms with Crippen LogP contribution in [0.3, 0.4) is 0 Å². The summed E-state index contributed by atoms with van der Waals surface area (Å²) in [6.07, 6.45) is 0. The second kappa shape index (κ2) is 6.14. The Bertz CT molecular complexity index is 604. The summed E-state index contributed by atoms with van der Waals surface area (Å²) in [6.45, 7) is 0. The van der Waals surface area contributed by atoms with Crippen LogP contribution in [0.2, 0.25) is 10.0 Å². The Balaban J connectivity index is 2.48. The van der Waals surface area contributed by atoms with E-state index in [1.54, 1.807) is 25.3 Å². The molecule has 2 aromatic carbocycles. The summed E-state index contributed by atoms with van der Waals surface area (Å²) in [7, 11) is 1.62. The molecule has 1 unspecified atom stereocenters. The molecule has 0 fully saturated rings. The number of benzene rings is 2. The molecule has 1 atom stereocenters. The molecule has 0 saturated heterocycles. The van der Waals surface area contributed by atoms with Gasteiger partial charge in [-0.3, -0.25) is 0 Å². The maximum absolute atomic E-state index is 6.28. The first-order valence-corrected chi connectivity index (χ1v) is 7.11. The summed E-state index contributed by atoms with van der Waals surface area (Å²) >= 11 is 15.7. The fourth-order valence-electron chi connectivity index (χ4n) is 1.81. The third kappa shape index (κ3) is 3.23. The van der Waals surface area contributed by atoms with Crippen molar-refractivity contribution in [2.45, 2.75) is 6.04 Å². The van der Waals surface area contributed by atoms with Crippen molar-refractivity contribution in [3.8, 4) is 5.75 Å². The summed E-state index contributed by atoms with van der Waals surface area (Å²) < 4.78 is 6.11. The lowest BCUT2D eigenvalue weighted by atomic mass is 9.99. The van der Waals surface area contributed by atoms with Crippen molar-refractivity contribution in [3.63, 3.8) is 0 Å². The van der Waals surface area contributed by atoms with Crippen molar-refractivity contribution in [3.05, 3.63) is 62.0 Å². The smallest absolute Gasteiger partial charge is 0.119 e. The van der Waals surface area contributed by atoms with Crippen LogP contribution in [0.4, 0.5) is 0 Å². The van der Waals surface area contributed by atoms with Crippen LogP contribution in [-0.4, -0.2) is 7.11 Å². The molecule has 0 saturated carbocycles. The van der Waals surface area contributed by atoms with Gasteiger partial charge in [-0.05, 0) is 47.5 Å². The van der Waals surface area contributed by atoms with Crippen LogP contribution in [0, 0.1) is 0 Å². The van der Waals surface area contributed by atoms with Crippen molar-refractivity contribution < 1.29 is 4.74 Å². The van der Waals surface area contributed by atoms with Gasteiger partial charge in [0.2, 0.25) is 0 Å². The van der Waals surface area contributed by atoms with Crippen LogP contribution in [0.25, 0.3) is 0 Å². The zero-order valence-corrected chi connectivity index (χ0v) is 13.3. The summed E-state index contributed by atoms with van der Waals surface area (Å²) in [4.78, 5) is 0. The van der Waals surface area contributed by atoms with Crippen molar-refractivity contribution in [1.29, 1.82) is 0 Å². The molecule has 0 aliphatic heterocycles. The average Bonchev–Trinajstić information content (AvgIpc) is 2.41. The second-order valence-electron chi connectivity index (χ2n) is 4.03. The Morgan fingerprint density at radius 1 is 1.11 bits per heavy atom. The molecule has 2 rings (SSSR count). The van der Waals surface area contributed by atoms with Gasteiger partial charge in [-0.1, -0.05) is 39.1 Å². The molecule has 2 N–H and O–H groups in total. The SMILES string of the molecule is COc1ccc(Br)c(C(N)c2cc(Cl)ccc2Cl)c1. The molecule has 2 aromatic rings. The standard InChI is InChI=1S/C14H12BrCl2NO/c1-19-9-3-4-12(15)10(7-9)14(18)11-6-8(16)2-5-13(11)17/h2-7,14H,18H2,1H3. The van der Waals surface area contributed by atoms with Gasteiger partial charge in [-0.15, -0.1) is 0 Å². The summed E-state index contributed by atoms with van der Waals surface area (Å²) in [5.74, 6) is 0.742. The first-order chi connectivity index (χ1) is 9.02. The summed E-state index contributed by atoms with van der Waals surface area (Å²) in [5, 5.41) is 1.19. The molecule has 0 amide bonds. The maximum atomic E-state index is 6.28. The highest BCUT2D eigenvalue weighted by molar-refractivity contribution is 9.10. The third-order valence-electron chi connectivity index (χ3n) is 2.83. The van der Waals surface area contributed by atoms with E-state index in [1.807, 2.05) is 18.2 Å². The third-order valence-corrected chi connectivity index (χ3v) is 4.13. The van der Waals surface area contributed by atoms with Crippen LogP contribution in [0.15, 0.2) is 40.9 Å². The molecular weight excluding hydrogens is 349 g/mol. The van der Waals surface area contributed by atoms with Crippen molar-refractivity contribution >= 4 is 39.1 Å². The largest absolute Gasteiger partial charge is 0.497 e. The molecule has 0 aromatic heterocycles. The molecule has 0 heterocycles. The quantitative estimate of drug-likeness (QED) is 0.852. The van der Waals surface area contributed by atoms with E-state index in [0.29, 0.717) is 10.0 Å². The Labute approximate surface area is 130 Å². The molecule has 19 heavy (non-hydrogen) atoms. The van der Waals surface area contributed by atoms with Gasteiger partial charge in [-0.25, -0.2) is 0 Å². The first-order valence-electron chi connectivity index (χ1n) is 5.57. The highest BCUT2D eigenvalue weighted by Crippen LogP contribution is 2.34. The number of nitrogens with two attached hydrogens (primary N) is 1. The average molecular weight is 361 g/mol. The van der Waals surface area contributed by atoms with Crippen LogP contribution in [0.5, 0.6) is 5.75 Å². The van der Waals surface area contributed by atoms with Crippen molar-refractivity contribution in [1.82, 2.24) is 0 Å². The fraction of sp³-hybridized carbons (Fsp3) is 0.143. The number of hydrogen-bond donors (Lipinski definition) is 1. The van der Waals surface area contributed by atoms with Crippen molar-refractivity contribution in [2.24, 2.45) is 5.73 Å². The van der Waals surface area contributed by atoms with Gasteiger partial charge >= 0.3 is 0 Å². The van der Waals surface area contributed by atoms with E-state index in [-0.39, 0.29) is 6.04 Å². The van der Waals surface area contributed by atoms with E-state index in [1.165, 1.54) is 0 Å². The lowest BCUT2D eigenvalue weighted by molar-refractivity contribution is 0.414. The van der Waals surface area contributed by atoms with Gasteiger partial charge in [0.15, 0.2) is 0 Å². The number of halogens is 3. The Morgan fingerprint density at radius 3 is 2.53 bits per heavy atom. The molecule has 100 valence electrons. The van der Waals surface area contributed by atoms with E-state index < -0.39 is 0 Å². The number of hydrogen-bond acceptors (Lipinski definition) is 2. The number of rotatable bonds is 3. The predicted molar refractivity (Wildman–Crippen MR) is 83.2 cm³/mol. The summed E-state index contributed by atoms with van der Waals surface area (Å²) in [5.41, 5.74) is 7.95. The Hall–Kier alpha value is -0.740. The molecule has 0 bridgehead atoms. The van der Waals surface area contributed by atoms with Gasteiger partial charge in [0, 0.05) is 14.5 Å². The lowest BCUT2D eigenvalue weighted by Gasteiger charge is -2.17. The lowest BCUT2D eigenvalue weighted by Crippen LogP contribution is -2.13. The highest BCUT2D eigenvalue weighted by atomic mass is 79.9. The Kier molecular flexibility index (Phi) is 4.74. The van der Waals surface area contributed by atoms with E-state index in [9.17, 15) is 0 Å². The van der Waals surface area contributed by atoms with Gasteiger partial charge in [0.1, 0.15) is 5.75 Å². The zero-order valence-electron chi connectivity index (χ0n) is 10.2. The molecule has 0 aliphatic carbocycles. The van der Waals surface area contributed by atoms with Gasteiger partial charge in [-0.2, -0.15) is 0 Å². The molecular formula is C14H12BrCl2NO. The molecule has 0 spiro atoms.